The summed E-state index contributed by atoms with van der Waals surface area (Å²) in [5.74, 6) is 1.00. The normalized spacial score (nSPS) is 14.5. The van der Waals surface area contributed by atoms with Gasteiger partial charge >= 0.3 is 0 Å². The highest BCUT2D eigenvalue weighted by Gasteiger charge is 2.15. The van der Waals surface area contributed by atoms with Crippen LogP contribution in [0.5, 0.6) is 0 Å². The van der Waals surface area contributed by atoms with E-state index in [-0.39, 0.29) is 29.9 Å². The smallest absolute Gasteiger partial charge is 0.251 e. The van der Waals surface area contributed by atoms with Crippen LogP contribution in [0.1, 0.15) is 61.9 Å². The quantitative estimate of drug-likeness (QED) is 0.199. The zero-order valence-corrected chi connectivity index (χ0v) is 20.5. The Bertz CT molecular complexity index is 679. The Kier molecular flexibility index (Phi) is 13.1. The number of amides is 2. The number of aliphatic imine (C=N–C) groups is 1. The molecule has 3 N–H and O–H groups in total. The molecule has 0 spiro atoms. The number of hydrogen-bond donors (Lipinski definition) is 3. The molecule has 8 heteroatoms. The van der Waals surface area contributed by atoms with E-state index in [9.17, 15) is 9.59 Å². The van der Waals surface area contributed by atoms with Gasteiger partial charge in [-0.05, 0) is 50.8 Å². The lowest BCUT2D eigenvalue weighted by Gasteiger charge is -2.20. The number of carbonyl (C=O) groups excluding carboxylic acids is 2. The molecule has 1 aliphatic rings. The molecule has 168 valence electrons. The molecule has 7 nitrogen and oxygen atoms in total. The summed E-state index contributed by atoms with van der Waals surface area (Å²) in [7, 11) is 0. The van der Waals surface area contributed by atoms with Crippen LogP contribution in [0, 0.1) is 0 Å². The monoisotopic (exact) mass is 529 g/mol. The number of carbonyl (C=O) groups is 2. The van der Waals surface area contributed by atoms with E-state index in [1.165, 1.54) is 0 Å². The zero-order valence-electron chi connectivity index (χ0n) is 18.2. The van der Waals surface area contributed by atoms with Crippen LogP contribution in [0.4, 0.5) is 0 Å². The van der Waals surface area contributed by atoms with Crippen LogP contribution < -0.4 is 16.0 Å². The molecule has 0 atom stereocenters. The van der Waals surface area contributed by atoms with Crippen LogP contribution in [-0.4, -0.2) is 55.4 Å². The Hall–Kier alpha value is -1.84. The van der Waals surface area contributed by atoms with Crippen LogP contribution in [0.3, 0.4) is 0 Å². The van der Waals surface area contributed by atoms with E-state index in [1.807, 2.05) is 43.0 Å². The Morgan fingerprint density at radius 2 is 1.77 bits per heavy atom. The molecular formula is C22H36IN5O2. The van der Waals surface area contributed by atoms with Crippen molar-refractivity contribution < 1.29 is 9.59 Å². The minimum atomic E-state index is -0.0551. The Labute approximate surface area is 197 Å². The topological polar surface area (TPSA) is 85.8 Å². The first-order valence-electron chi connectivity index (χ1n) is 10.8. The highest BCUT2D eigenvalue weighted by Crippen LogP contribution is 2.11. The molecule has 1 saturated heterocycles. The van der Waals surface area contributed by atoms with Gasteiger partial charge in [-0.1, -0.05) is 18.6 Å². The molecule has 0 bridgehead atoms. The number of nitrogens with one attached hydrogen (secondary N) is 3. The van der Waals surface area contributed by atoms with Gasteiger partial charge in [0.25, 0.3) is 5.91 Å². The Morgan fingerprint density at radius 3 is 2.47 bits per heavy atom. The highest BCUT2D eigenvalue weighted by atomic mass is 127. The van der Waals surface area contributed by atoms with E-state index >= 15 is 0 Å². The number of benzene rings is 1. The summed E-state index contributed by atoms with van der Waals surface area (Å²) in [4.78, 5) is 30.5. The van der Waals surface area contributed by atoms with Crippen LogP contribution in [0.25, 0.3) is 0 Å². The van der Waals surface area contributed by atoms with Crippen molar-refractivity contribution >= 4 is 41.8 Å². The van der Waals surface area contributed by atoms with Crippen molar-refractivity contribution in [1.82, 2.24) is 20.9 Å². The van der Waals surface area contributed by atoms with Gasteiger partial charge in [0.1, 0.15) is 0 Å². The van der Waals surface area contributed by atoms with Crippen LogP contribution in [0.15, 0.2) is 29.3 Å². The number of rotatable bonds is 9. The van der Waals surface area contributed by atoms with E-state index in [2.05, 4.69) is 20.9 Å². The highest BCUT2D eigenvalue weighted by molar-refractivity contribution is 14.0. The van der Waals surface area contributed by atoms with Crippen molar-refractivity contribution in [2.24, 2.45) is 4.99 Å². The minimum absolute atomic E-state index is 0. The lowest BCUT2D eigenvalue weighted by molar-refractivity contribution is -0.130. The second-order valence-corrected chi connectivity index (χ2v) is 7.22. The Morgan fingerprint density at radius 1 is 1.03 bits per heavy atom. The number of halogens is 1. The Balaban J connectivity index is 0.00000450. The van der Waals surface area contributed by atoms with Crippen LogP contribution >= 0.6 is 24.0 Å². The van der Waals surface area contributed by atoms with Gasteiger partial charge in [-0.25, -0.2) is 4.99 Å². The molecule has 1 aliphatic heterocycles. The molecule has 1 fully saturated rings. The number of likely N-dealkylation sites (tertiary alicyclic amines) is 1. The summed E-state index contributed by atoms with van der Waals surface area (Å²) in [5, 5.41) is 9.39. The van der Waals surface area contributed by atoms with Crippen LogP contribution in [0.2, 0.25) is 0 Å². The molecule has 0 aliphatic carbocycles. The number of hydrogen-bond acceptors (Lipinski definition) is 3. The molecule has 0 radical (unpaired) electrons. The van der Waals surface area contributed by atoms with Gasteiger partial charge in [-0.2, -0.15) is 0 Å². The SMILES string of the molecule is CCNC(=O)c1ccc(CN=C(NCC)NCCCN2CCCCCC2=O)cc1.I. The predicted octanol–water partition coefficient (Wildman–Crippen LogP) is 2.90. The molecule has 0 aromatic heterocycles. The van der Waals surface area contributed by atoms with Gasteiger partial charge in [-0.15, -0.1) is 24.0 Å². The number of guanidine groups is 1. The largest absolute Gasteiger partial charge is 0.357 e. The molecule has 2 amide bonds. The summed E-state index contributed by atoms with van der Waals surface area (Å²) in [6.45, 7) is 8.34. The van der Waals surface area contributed by atoms with Gasteiger partial charge in [0.05, 0.1) is 6.54 Å². The second-order valence-electron chi connectivity index (χ2n) is 7.22. The maximum atomic E-state index is 12.1. The molecule has 2 rings (SSSR count). The van der Waals surface area contributed by atoms with Gasteiger partial charge in [-0.3, -0.25) is 9.59 Å². The summed E-state index contributed by atoms with van der Waals surface area (Å²) >= 11 is 0. The van der Waals surface area contributed by atoms with Crippen LogP contribution in [-0.2, 0) is 11.3 Å². The van der Waals surface area contributed by atoms with Crippen molar-refractivity contribution in [2.45, 2.75) is 52.5 Å². The predicted molar refractivity (Wildman–Crippen MR) is 132 cm³/mol. The number of nitrogens with zero attached hydrogens (tertiary/aromatic N) is 2. The van der Waals surface area contributed by atoms with E-state index in [4.69, 9.17) is 0 Å². The van der Waals surface area contributed by atoms with Crippen molar-refractivity contribution in [3.8, 4) is 0 Å². The van der Waals surface area contributed by atoms with E-state index in [1.54, 1.807) is 0 Å². The summed E-state index contributed by atoms with van der Waals surface area (Å²) < 4.78 is 0. The van der Waals surface area contributed by atoms with E-state index < -0.39 is 0 Å². The fourth-order valence-corrected chi connectivity index (χ4v) is 3.29. The van der Waals surface area contributed by atoms with E-state index in [0.29, 0.717) is 31.0 Å². The lowest BCUT2D eigenvalue weighted by atomic mass is 10.1. The standard InChI is InChI=1S/C22H35N5O2.HI/c1-3-23-21(29)19-12-10-18(11-13-19)17-26-22(24-4-2)25-14-8-16-27-15-7-5-6-9-20(27)28;/h10-13H,3-9,14-17H2,1-2H3,(H,23,29)(H2,24,25,26);1H. The summed E-state index contributed by atoms with van der Waals surface area (Å²) in [6.07, 6.45) is 4.88. The maximum Gasteiger partial charge on any atom is 0.251 e. The fourth-order valence-electron chi connectivity index (χ4n) is 3.29. The first-order valence-corrected chi connectivity index (χ1v) is 10.8. The molecular weight excluding hydrogens is 493 g/mol. The third-order valence-electron chi connectivity index (χ3n) is 4.89. The third-order valence-corrected chi connectivity index (χ3v) is 4.89. The summed E-state index contributed by atoms with van der Waals surface area (Å²) in [6, 6.07) is 7.52. The molecule has 0 saturated carbocycles. The van der Waals surface area contributed by atoms with Crippen molar-refractivity contribution in [2.75, 3.05) is 32.7 Å². The third kappa shape index (κ3) is 9.32. The average molecular weight is 529 g/mol. The molecule has 1 heterocycles. The summed E-state index contributed by atoms with van der Waals surface area (Å²) in [5.41, 5.74) is 1.71. The maximum absolute atomic E-state index is 12.1. The zero-order chi connectivity index (χ0) is 20.9. The molecule has 1 aromatic carbocycles. The van der Waals surface area contributed by atoms with Crippen molar-refractivity contribution in [1.29, 1.82) is 0 Å². The fraction of sp³-hybridized carbons (Fsp3) is 0.591. The second kappa shape index (κ2) is 15.0. The van der Waals surface area contributed by atoms with Gasteiger partial charge in [0.15, 0.2) is 5.96 Å². The van der Waals surface area contributed by atoms with Gasteiger partial charge < -0.3 is 20.9 Å². The lowest BCUT2D eigenvalue weighted by Crippen LogP contribution is -2.39. The van der Waals surface area contributed by atoms with Gasteiger partial charge in [0, 0.05) is 44.7 Å². The molecule has 30 heavy (non-hydrogen) atoms. The minimum Gasteiger partial charge on any atom is -0.357 e. The average Bonchev–Trinajstić information content (AvgIpc) is 2.94. The van der Waals surface area contributed by atoms with Gasteiger partial charge in [0.2, 0.25) is 5.91 Å². The first-order chi connectivity index (χ1) is 14.1. The van der Waals surface area contributed by atoms with E-state index in [0.717, 1.165) is 63.4 Å². The first kappa shape index (κ1) is 26.2. The van der Waals surface area contributed by atoms with Crippen molar-refractivity contribution in [3.05, 3.63) is 35.4 Å². The van der Waals surface area contributed by atoms with Crippen molar-refractivity contribution in [3.63, 3.8) is 0 Å². The molecule has 1 aromatic rings. The molecule has 0 unspecified atom stereocenters.